The Bertz CT molecular complexity index is 527. The Morgan fingerprint density at radius 3 is 2.86 bits per heavy atom. The van der Waals surface area contributed by atoms with Crippen molar-refractivity contribution in [2.24, 2.45) is 5.73 Å². The van der Waals surface area contributed by atoms with Crippen molar-refractivity contribution in [3.05, 3.63) is 35.4 Å². The summed E-state index contributed by atoms with van der Waals surface area (Å²) in [6, 6.07) is 7.83. The lowest BCUT2D eigenvalue weighted by Gasteiger charge is -2.14. The Morgan fingerprint density at radius 2 is 2.19 bits per heavy atom. The molecule has 1 aromatic rings. The molecule has 1 aliphatic heterocycles. The minimum atomic E-state index is -0.0329. The molecule has 1 aliphatic rings. The summed E-state index contributed by atoms with van der Waals surface area (Å²) in [6.07, 6.45) is 2.42. The van der Waals surface area contributed by atoms with Gasteiger partial charge in [-0.3, -0.25) is 4.79 Å². The van der Waals surface area contributed by atoms with Crippen LogP contribution in [0.3, 0.4) is 0 Å². The highest BCUT2D eigenvalue weighted by Gasteiger charge is 2.20. The highest BCUT2D eigenvalue weighted by molar-refractivity contribution is 6.01. The topological polar surface area (TPSA) is 64.3 Å². The van der Waals surface area contributed by atoms with Crippen molar-refractivity contribution in [1.82, 2.24) is 5.32 Å². The number of nitrogens with one attached hydrogen (secondary N) is 1. The number of hydrogen-bond donors (Lipinski definition) is 2. The first-order chi connectivity index (χ1) is 9.61. The SMILES string of the molecule is COc1cccc(C2=C(CC(C)N)C(=O)NCCC2)c1.Cl. The van der Waals surface area contributed by atoms with Gasteiger partial charge >= 0.3 is 0 Å². The van der Waals surface area contributed by atoms with Crippen molar-refractivity contribution >= 4 is 23.9 Å². The maximum atomic E-state index is 12.2. The molecule has 21 heavy (non-hydrogen) atoms. The summed E-state index contributed by atoms with van der Waals surface area (Å²) in [4.78, 5) is 12.2. The zero-order valence-electron chi connectivity index (χ0n) is 12.5. The summed E-state index contributed by atoms with van der Waals surface area (Å²) in [5.41, 5.74) is 8.85. The van der Waals surface area contributed by atoms with Crippen LogP contribution in [0.1, 0.15) is 31.7 Å². The van der Waals surface area contributed by atoms with Gasteiger partial charge in [-0.05, 0) is 49.5 Å². The molecule has 4 nitrogen and oxygen atoms in total. The quantitative estimate of drug-likeness (QED) is 0.898. The van der Waals surface area contributed by atoms with Gasteiger partial charge in [0.1, 0.15) is 5.75 Å². The molecule has 0 bridgehead atoms. The van der Waals surface area contributed by atoms with Crippen LogP contribution < -0.4 is 15.8 Å². The molecule has 0 saturated carbocycles. The Morgan fingerprint density at radius 1 is 1.43 bits per heavy atom. The minimum absolute atomic E-state index is 0. The largest absolute Gasteiger partial charge is 0.497 e. The third kappa shape index (κ3) is 4.48. The van der Waals surface area contributed by atoms with Crippen LogP contribution in [-0.2, 0) is 4.79 Å². The minimum Gasteiger partial charge on any atom is -0.497 e. The highest BCUT2D eigenvalue weighted by Crippen LogP contribution is 2.30. The first-order valence-electron chi connectivity index (χ1n) is 7.02. The zero-order chi connectivity index (χ0) is 14.5. The average molecular weight is 311 g/mol. The molecule has 0 radical (unpaired) electrons. The summed E-state index contributed by atoms with van der Waals surface area (Å²) in [5.74, 6) is 0.817. The van der Waals surface area contributed by atoms with Gasteiger partial charge in [0.25, 0.3) is 0 Å². The summed E-state index contributed by atoms with van der Waals surface area (Å²) < 4.78 is 5.27. The summed E-state index contributed by atoms with van der Waals surface area (Å²) >= 11 is 0. The fraction of sp³-hybridized carbons (Fsp3) is 0.438. The number of allylic oxidation sites excluding steroid dienone is 1. The van der Waals surface area contributed by atoms with E-state index in [1.165, 1.54) is 0 Å². The lowest BCUT2D eigenvalue weighted by molar-refractivity contribution is -0.117. The second-order valence-corrected chi connectivity index (χ2v) is 5.23. The van der Waals surface area contributed by atoms with Gasteiger partial charge in [0.15, 0.2) is 0 Å². The molecule has 1 amide bonds. The number of hydrogen-bond acceptors (Lipinski definition) is 3. The van der Waals surface area contributed by atoms with Crippen LogP contribution in [0.5, 0.6) is 5.75 Å². The molecular formula is C16H23ClN2O2. The molecule has 1 unspecified atom stereocenters. The average Bonchev–Trinajstić information content (AvgIpc) is 2.61. The molecule has 0 aliphatic carbocycles. The lowest BCUT2D eigenvalue weighted by Crippen LogP contribution is -2.27. The van der Waals surface area contributed by atoms with Gasteiger partial charge in [0.05, 0.1) is 7.11 Å². The van der Waals surface area contributed by atoms with Crippen molar-refractivity contribution in [2.45, 2.75) is 32.2 Å². The predicted molar refractivity (Wildman–Crippen MR) is 87.7 cm³/mol. The monoisotopic (exact) mass is 310 g/mol. The van der Waals surface area contributed by atoms with Crippen LogP contribution in [0.15, 0.2) is 29.8 Å². The van der Waals surface area contributed by atoms with Gasteiger partial charge in [-0.2, -0.15) is 0 Å². The predicted octanol–water partition coefficient (Wildman–Crippen LogP) is 2.52. The molecule has 2 rings (SSSR count). The molecule has 0 saturated heterocycles. The molecule has 3 N–H and O–H groups in total. The van der Waals surface area contributed by atoms with Crippen LogP contribution >= 0.6 is 12.4 Å². The number of nitrogens with two attached hydrogens (primary N) is 1. The highest BCUT2D eigenvalue weighted by atomic mass is 35.5. The van der Waals surface area contributed by atoms with E-state index in [9.17, 15) is 4.79 Å². The van der Waals surface area contributed by atoms with Crippen molar-refractivity contribution in [3.8, 4) is 5.75 Å². The third-order valence-corrected chi connectivity index (χ3v) is 3.47. The molecule has 116 valence electrons. The van der Waals surface area contributed by atoms with E-state index in [2.05, 4.69) is 5.32 Å². The Labute approximate surface area is 132 Å². The molecule has 1 aromatic carbocycles. The van der Waals surface area contributed by atoms with Crippen molar-refractivity contribution in [1.29, 1.82) is 0 Å². The number of rotatable bonds is 4. The number of benzene rings is 1. The number of amides is 1. The van der Waals surface area contributed by atoms with E-state index in [4.69, 9.17) is 10.5 Å². The maximum Gasteiger partial charge on any atom is 0.247 e. The molecule has 1 atom stereocenters. The van der Waals surface area contributed by atoms with E-state index in [-0.39, 0.29) is 24.4 Å². The Balaban J connectivity index is 0.00000220. The standard InChI is InChI=1S/C16H22N2O2.ClH/c1-11(17)9-15-14(7-4-8-18-16(15)19)12-5-3-6-13(10-12)20-2;/h3,5-6,10-11H,4,7-9,17H2,1-2H3,(H,18,19);1H. The first kappa shape index (κ1) is 17.5. The van der Waals surface area contributed by atoms with Gasteiger partial charge in [-0.15, -0.1) is 12.4 Å². The smallest absolute Gasteiger partial charge is 0.247 e. The lowest BCUT2D eigenvalue weighted by atomic mass is 9.93. The summed E-state index contributed by atoms with van der Waals surface area (Å²) in [5, 5.41) is 2.94. The zero-order valence-corrected chi connectivity index (χ0v) is 13.3. The number of carbonyl (C=O) groups is 1. The van der Waals surface area contributed by atoms with Gasteiger partial charge in [-0.1, -0.05) is 12.1 Å². The number of ether oxygens (including phenoxy) is 1. The van der Waals surface area contributed by atoms with E-state index >= 15 is 0 Å². The number of methoxy groups -OCH3 is 1. The van der Waals surface area contributed by atoms with Crippen LogP contribution in [0.25, 0.3) is 5.57 Å². The fourth-order valence-corrected chi connectivity index (χ4v) is 2.53. The summed E-state index contributed by atoms with van der Waals surface area (Å²) in [7, 11) is 1.65. The van der Waals surface area contributed by atoms with Crippen LogP contribution in [-0.4, -0.2) is 25.6 Å². The molecular weight excluding hydrogens is 288 g/mol. The Hall–Kier alpha value is -1.52. The van der Waals surface area contributed by atoms with E-state index in [0.717, 1.165) is 41.8 Å². The molecule has 0 spiro atoms. The van der Waals surface area contributed by atoms with Crippen molar-refractivity contribution in [2.75, 3.05) is 13.7 Å². The fourth-order valence-electron chi connectivity index (χ4n) is 2.53. The van der Waals surface area contributed by atoms with E-state index in [0.29, 0.717) is 6.42 Å². The van der Waals surface area contributed by atoms with Gasteiger partial charge in [0.2, 0.25) is 5.91 Å². The summed E-state index contributed by atoms with van der Waals surface area (Å²) in [6.45, 7) is 2.64. The molecule has 5 heteroatoms. The Kier molecular flexibility index (Phi) is 6.72. The van der Waals surface area contributed by atoms with Gasteiger partial charge in [-0.25, -0.2) is 0 Å². The van der Waals surface area contributed by atoms with Crippen LogP contribution in [0.4, 0.5) is 0 Å². The second kappa shape index (κ2) is 8.05. The molecule has 0 aromatic heterocycles. The number of carbonyl (C=O) groups excluding carboxylic acids is 1. The molecule has 1 heterocycles. The van der Waals surface area contributed by atoms with Crippen molar-refractivity contribution in [3.63, 3.8) is 0 Å². The second-order valence-electron chi connectivity index (χ2n) is 5.23. The van der Waals surface area contributed by atoms with Crippen LogP contribution in [0.2, 0.25) is 0 Å². The van der Waals surface area contributed by atoms with E-state index < -0.39 is 0 Å². The maximum absolute atomic E-state index is 12.2. The van der Waals surface area contributed by atoms with Gasteiger partial charge < -0.3 is 15.8 Å². The third-order valence-electron chi connectivity index (χ3n) is 3.47. The van der Waals surface area contributed by atoms with Crippen molar-refractivity contribution < 1.29 is 9.53 Å². The molecule has 0 fully saturated rings. The normalized spacial score (nSPS) is 16.6. The van der Waals surface area contributed by atoms with E-state index in [1.54, 1.807) is 7.11 Å². The van der Waals surface area contributed by atoms with Crippen LogP contribution in [0, 0.1) is 0 Å². The first-order valence-corrected chi connectivity index (χ1v) is 7.02. The number of halogens is 1. The van der Waals surface area contributed by atoms with Gasteiger partial charge in [0, 0.05) is 18.2 Å². The van der Waals surface area contributed by atoms with E-state index in [1.807, 2.05) is 31.2 Å².